The Morgan fingerprint density at radius 2 is 1.83 bits per heavy atom. The number of ether oxygens (including phenoxy) is 1. The third-order valence-electron chi connectivity index (χ3n) is 5.36. The molecule has 0 atom stereocenters. The minimum atomic E-state index is -0.140. The molecule has 3 aromatic rings. The number of nitrogens with one attached hydrogen (secondary N) is 1. The summed E-state index contributed by atoms with van der Waals surface area (Å²) in [6.07, 6.45) is 5.53. The zero-order chi connectivity index (χ0) is 20.4. The fourth-order valence-corrected chi connectivity index (χ4v) is 3.42. The largest absolute Gasteiger partial charge is 0.378 e. The normalized spacial score (nSPS) is 14.1. The summed E-state index contributed by atoms with van der Waals surface area (Å²) in [6.45, 7) is 7.03. The highest BCUT2D eigenvalue weighted by Crippen LogP contribution is 2.24. The molecule has 1 fully saturated rings. The molecule has 0 bridgehead atoms. The Balaban J connectivity index is 1.53. The lowest BCUT2D eigenvalue weighted by Gasteiger charge is -2.26. The SMILES string of the molecule is Cc1cccc(NC(=O)c2cc(-c3cnc(N4CCOCC4)nc3)cn2C)c1C. The number of amides is 1. The number of hydrogen-bond acceptors (Lipinski definition) is 5. The van der Waals surface area contributed by atoms with Crippen molar-refractivity contribution in [1.82, 2.24) is 14.5 Å². The van der Waals surface area contributed by atoms with E-state index in [4.69, 9.17) is 4.74 Å². The highest BCUT2D eigenvalue weighted by atomic mass is 16.5. The van der Waals surface area contributed by atoms with Gasteiger partial charge in [-0.15, -0.1) is 0 Å². The zero-order valence-electron chi connectivity index (χ0n) is 17.0. The van der Waals surface area contributed by atoms with Gasteiger partial charge in [-0.3, -0.25) is 4.79 Å². The van der Waals surface area contributed by atoms with Crippen LogP contribution in [0.25, 0.3) is 11.1 Å². The van der Waals surface area contributed by atoms with Gasteiger partial charge < -0.3 is 19.5 Å². The van der Waals surface area contributed by atoms with Gasteiger partial charge in [-0.25, -0.2) is 9.97 Å². The van der Waals surface area contributed by atoms with Gasteiger partial charge in [0.1, 0.15) is 5.69 Å². The molecule has 1 N–H and O–H groups in total. The van der Waals surface area contributed by atoms with E-state index in [0.29, 0.717) is 24.9 Å². The van der Waals surface area contributed by atoms with E-state index >= 15 is 0 Å². The third-order valence-corrected chi connectivity index (χ3v) is 5.36. The molecule has 4 rings (SSSR count). The predicted octanol–water partition coefficient (Wildman–Crippen LogP) is 3.19. The summed E-state index contributed by atoms with van der Waals surface area (Å²) in [4.78, 5) is 23.9. The molecule has 7 heteroatoms. The lowest BCUT2D eigenvalue weighted by Crippen LogP contribution is -2.37. The van der Waals surface area contributed by atoms with Crippen molar-refractivity contribution in [2.24, 2.45) is 7.05 Å². The van der Waals surface area contributed by atoms with Crippen LogP contribution in [0.3, 0.4) is 0 Å². The number of morpholine rings is 1. The minimum Gasteiger partial charge on any atom is -0.378 e. The first-order valence-electron chi connectivity index (χ1n) is 9.72. The predicted molar refractivity (Wildman–Crippen MR) is 113 cm³/mol. The second-order valence-electron chi connectivity index (χ2n) is 7.30. The van der Waals surface area contributed by atoms with Gasteiger partial charge in [-0.1, -0.05) is 12.1 Å². The van der Waals surface area contributed by atoms with Crippen LogP contribution >= 0.6 is 0 Å². The molecule has 1 amide bonds. The number of benzene rings is 1. The van der Waals surface area contributed by atoms with Gasteiger partial charge in [-0.05, 0) is 37.1 Å². The van der Waals surface area contributed by atoms with Crippen LogP contribution in [0.2, 0.25) is 0 Å². The molecule has 3 heterocycles. The maximum atomic E-state index is 12.8. The van der Waals surface area contributed by atoms with E-state index in [1.165, 1.54) is 0 Å². The summed E-state index contributed by atoms with van der Waals surface area (Å²) in [5, 5.41) is 3.02. The first kappa shape index (κ1) is 19.1. The Kier molecular flexibility index (Phi) is 5.31. The molecular formula is C22H25N5O2. The van der Waals surface area contributed by atoms with Crippen molar-refractivity contribution in [3.8, 4) is 11.1 Å². The second-order valence-corrected chi connectivity index (χ2v) is 7.30. The quantitative estimate of drug-likeness (QED) is 0.740. The Morgan fingerprint density at radius 1 is 1.10 bits per heavy atom. The van der Waals surface area contributed by atoms with Crippen molar-refractivity contribution in [3.05, 3.63) is 59.7 Å². The lowest BCUT2D eigenvalue weighted by molar-refractivity contribution is 0.101. The van der Waals surface area contributed by atoms with E-state index < -0.39 is 0 Å². The van der Waals surface area contributed by atoms with Crippen LogP contribution in [0.15, 0.2) is 42.9 Å². The first-order chi connectivity index (χ1) is 14.0. The van der Waals surface area contributed by atoms with Crippen molar-refractivity contribution in [2.45, 2.75) is 13.8 Å². The van der Waals surface area contributed by atoms with E-state index in [1.54, 1.807) is 12.4 Å². The summed E-state index contributed by atoms with van der Waals surface area (Å²) < 4.78 is 7.20. The highest BCUT2D eigenvalue weighted by molar-refractivity contribution is 6.04. The van der Waals surface area contributed by atoms with Gasteiger partial charge in [-0.2, -0.15) is 0 Å². The molecule has 0 unspecified atom stereocenters. The number of carbonyl (C=O) groups is 1. The Hall–Kier alpha value is -3.19. The van der Waals surface area contributed by atoms with Gasteiger partial charge in [0, 0.05) is 55.5 Å². The van der Waals surface area contributed by atoms with Crippen LogP contribution in [-0.2, 0) is 11.8 Å². The average molecular weight is 391 g/mol. The monoisotopic (exact) mass is 391 g/mol. The summed E-state index contributed by atoms with van der Waals surface area (Å²) in [5.74, 6) is 0.569. The van der Waals surface area contributed by atoms with Gasteiger partial charge in [0.25, 0.3) is 5.91 Å². The second kappa shape index (κ2) is 8.05. The molecule has 1 aliphatic rings. The highest BCUT2D eigenvalue weighted by Gasteiger charge is 2.16. The van der Waals surface area contributed by atoms with Crippen LogP contribution in [0.5, 0.6) is 0 Å². The van der Waals surface area contributed by atoms with Gasteiger partial charge in [0.15, 0.2) is 0 Å². The number of rotatable bonds is 4. The average Bonchev–Trinajstić information content (AvgIpc) is 3.14. The summed E-state index contributed by atoms with van der Waals surface area (Å²) in [6, 6.07) is 7.77. The molecule has 0 aliphatic carbocycles. The molecule has 7 nitrogen and oxygen atoms in total. The van der Waals surface area contributed by atoms with E-state index in [9.17, 15) is 4.79 Å². The fraction of sp³-hybridized carbons (Fsp3) is 0.318. The Morgan fingerprint density at radius 3 is 2.55 bits per heavy atom. The van der Waals surface area contributed by atoms with Crippen molar-refractivity contribution in [3.63, 3.8) is 0 Å². The molecular weight excluding hydrogens is 366 g/mol. The van der Waals surface area contributed by atoms with E-state index in [2.05, 4.69) is 20.2 Å². The third kappa shape index (κ3) is 4.00. The molecule has 1 saturated heterocycles. The van der Waals surface area contributed by atoms with E-state index in [1.807, 2.05) is 55.9 Å². The fourth-order valence-electron chi connectivity index (χ4n) is 3.42. The molecule has 0 spiro atoms. The molecule has 29 heavy (non-hydrogen) atoms. The smallest absolute Gasteiger partial charge is 0.272 e. The number of anilines is 2. The number of aryl methyl sites for hydroxylation is 2. The standard InChI is InChI=1S/C22H25N5O2/c1-15-5-4-6-19(16(15)2)25-21(28)20-11-17(14-26(20)3)18-12-23-22(24-13-18)27-7-9-29-10-8-27/h4-6,11-14H,7-10H2,1-3H3,(H,25,28). The van der Waals surface area contributed by atoms with Gasteiger partial charge in [0.05, 0.1) is 13.2 Å². The van der Waals surface area contributed by atoms with Crippen molar-refractivity contribution < 1.29 is 9.53 Å². The minimum absolute atomic E-state index is 0.140. The van der Waals surface area contributed by atoms with Crippen LogP contribution in [-0.4, -0.2) is 46.7 Å². The topological polar surface area (TPSA) is 72.3 Å². The molecule has 0 radical (unpaired) electrons. The lowest BCUT2D eigenvalue weighted by atomic mass is 10.1. The zero-order valence-corrected chi connectivity index (χ0v) is 17.0. The Labute approximate surface area is 170 Å². The molecule has 1 aromatic carbocycles. The van der Waals surface area contributed by atoms with Crippen molar-refractivity contribution in [2.75, 3.05) is 36.5 Å². The van der Waals surface area contributed by atoms with Crippen LogP contribution < -0.4 is 10.2 Å². The first-order valence-corrected chi connectivity index (χ1v) is 9.72. The maximum absolute atomic E-state index is 12.8. The Bertz CT molecular complexity index is 1020. The van der Waals surface area contributed by atoms with E-state index in [-0.39, 0.29) is 5.91 Å². The van der Waals surface area contributed by atoms with E-state index in [0.717, 1.165) is 41.0 Å². The maximum Gasteiger partial charge on any atom is 0.272 e. The van der Waals surface area contributed by atoms with Gasteiger partial charge in [0.2, 0.25) is 5.95 Å². The molecule has 150 valence electrons. The molecule has 2 aromatic heterocycles. The number of aromatic nitrogens is 3. The molecule has 1 aliphatic heterocycles. The van der Waals surface area contributed by atoms with Gasteiger partial charge >= 0.3 is 0 Å². The summed E-state index contributed by atoms with van der Waals surface area (Å²) in [5.41, 5.74) is 5.42. The summed E-state index contributed by atoms with van der Waals surface area (Å²) in [7, 11) is 1.87. The molecule has 0 saturated carbocycles. The number of carbonyl (C=O) groups excluding carboxylic acids is 1. The number of hydrogen-bond donors (Lipinski definition) is 1. The van der Waals surface area contributed by atoms with Crippen LogP contribution in [0.4, 0.5) is 11.6 Å². The van der Waals surface area contributed by atoms with Crippen molar-refractivity contribution >= 4 is 17.5 Å². The summed E-state index contributed by atoms with van der Waals surface area (Å²) >= 11 is 0. The number of nitrogens with zero attached hydrogens (tertiary/aromatic N) is 4. The van der Waals surface area contributed by atoms with Crippen LogP contribution in [0, 0.1) is 13.8 Å². The van der Waals surface area contributed by atoms with Crippen molar-refractivity contribution in [1.29, 1.82) is 0 Å². The van der Waals surface area contributed by atoms with Crippen LogP contribution in [0.1, 0.15) is 21.6 Å².